The highest BCUT2D eigenvalue weighted by molar-refractivity contribution is 9.10. The maximum absolute atomic E-state index is 10.00. The molecular weight excluding hydrogens is 238 g/mol. The van der Waals surface area contributed by atoms with Gasteiger partial charge in [0.05, 0.1) is 16.0 Å². The molecule has 1 heterocycles. The molecule has 1 N–H and O–H groups in total. The molecule has 0 amide bonds. The lowest BCUT2D eigenvalue weighted by Gasteiger charge is -2.20. The van der Waals surface area contributed by atoms with Crippen molar-refractivity contribution < 1.29 is 5.11 Å². The average Bonchev–Trinajstić information content (AvgIpc) is 2.35. The van der Waals surface area contributed by atoms with Crippen molar-refractivity contribution in [3.05, 3.63) is 15.0 Å². The standard InChI is InChI=1S/C8H12BrNOS/c1-3-4-8(2,11)6-7(9)10-5-12-6/h5,11H,3-4H2,1-2H3. The summed E-state index contributed by atoms with van der Waals surface area (Å²) >= 11 is 4.80. The molecule has 0 radical (unpaired) electrons. The van der Waals surface area contributed by atoms with Crippen LogP contribution in [0.2, 0.25) is 0 Å². The van der Waals surface area contributed by atoms with E-state index in [0.717, 1.165) is 22.3 Å². The second-order valence-corrected chi connectivity index (χ2v) is 4.60. The molecule has 4 heteroatoms. The monoisotopic (exact) mass is 249 g/mol. The smallest absolute Gasteiger partial charge is 0.123 e. The summed E-state index contributed by atoms with van der Waals surface area (Å²) in [6, 6.07) is 0. The molecule has 68 valence electrons. The number of aliphatic hydroxyl groups is 1. The van der Waals surface area contributed by atoms with Crippen LogP contribution in [-0.4, -0.2) is 10.1 Å². The molecule has 1 unspecified atom stereocenters. The topological polar surface area (TPSA) is 33.1 Å². The van der Waals surface area contributed by atoms with Crippen LogP contribution in [0.3, 0.4) is 0 Å². The number of thiazole rings is 1. The number of halogens is 1. The van der Waals surface area contributed by atoms with Crippen LogP contribution in [0.15, 0.2) is 10.1 Å². The van der Waals surface area contributed by atoms with Crippen molar-refractivity contribution in [3.63, 3.8) is 0 Å². The van der Waals surface area contributed by atoms with Crippen molar-refractivity contribution in [2.45, 2.75) is 32.3 Å². The van der Waals surface area contributed by atoms with Gasteiger partial charge in [-0.2, -0.15) is 0 Å². The van der Waals surface area contributed by atoms with Gasteiger partial charge in [-0.1, -0.05) is 13.3 Å². The van der Waals surface area contributed by atoms with E-state index in [9.17, 15) is 5.11 Å². The average molecular weight is 250 g/mol. The summed E-state index contributed by atoms with van der Waals surface area (Å²) in [6.07, 6.45) is 1.74. The Kier molecular flexibility index (Phi) is 3.26. The van der Waals surface area contributed by atoms with Gasteiger partial charge in [-0.05, 0) is 29.3 Å². The molecule has 0 saturated carbocycles. The zero-order chi connectivity index (χ0) is 9.19. The summed E-state index contributed by atoms with van der Waals surface area (Å²) in [7, 11) is 0. The molecule has 0 spiro atoms. The highest BCUT2D eigenvalue weighted by atomic mass is 79.9. The van der Waals surface area contributed by atoms with Crippen molar-refractivity contribution in [2.75, 3.05) is 0 Å². The number of aromatic nitrogens is 1. The van der Waals surface area contributed by atoms with Crippen molar-refractivity contribution in [3.8, 4) is 0 Å². The predicted octanol–water partition coefficient (Wildman–Crippen LogP) is 2.91. The lowest BCUT2D eigenvalue weighted by Crippen LogP contribution is -2.19. The zero-order valence-electron chi connectivity index (χ0n) is 7.17. The first-order valence-electron chi connectivity index (χ1n) is 3.89. The maximum atomic E-state index is 10.00. The van der Waals surface area contributed by atoms with Gasteiger partial charge in [0.15, 0.2) is 0 Å². The van der Waals surface area contributed by atoms with Crippen molar-refractivity contribution in [1.29, 1.82) is 0 Å². The van der Waals surface area contributed by atoms with E-state index >= 15 is 0 Å². The summed E-state index contributed by atoms with van der Waals surface area (Å²) in [5, 5.41) is 10.00. The molecular formula is C8H12BrNOS. The lowest BCUT2D eigenvalue weighted by atomic mass is 10.00. The first-order chi connectivity index (χ1) is 5.58. The summed E-state index contributed by atoms with van der Waals surface area (Å²) < 4.78 is 0.769. The Morgan fingerprint density at radius 2 is 2.42 bits per heavy atom. The van der Waals surface area contributed by atoms with Gasteiger partial charge in [-0.15, -0.1) is 11.3 Å². The molecule has 0 aromatic carbocycles. The van der Waals surface area contributed by atoms with E-state index < -0.39 is 5.60 Å². The van der Waals surface area contributed by atoms with Gasteiger partial charge in [0.25, 0.3) is 0 Å². The second kappa shape index (κ2) is 3.85. The quantitative estimate of drug-likeness (QED) is 0.894. The van der Waals surface area contributed by atoms with Gasteiger partial charge in [0.1, 0.15) is 4.60 Å². The van der Waals surface area contributed by atoms with E-state index in [1.807, 2.05) is 6.92 Å². The molecule has 2 nitrogen and oxygen atoms in total. The molecule has 1 atom stereocenters. The minimum Gasteiger partial charge on any atom is -0.385 e. The summed E-state index contributed by atoms with van der Waals surface area (Å²) in [5.41, 5.74) is 1.01. The number of hydrogen-bond donors (Lipinski definition) is 1. The molecule has 0 aliphatic carbocycles. The largest absolute Gasteiger partial charge is 0.385 e. The SMILES string of the molecule is CCCC(C)(O)c1scnc1Br. The van der Waals surface area contributed by atoms with Crippen molar-refractivity contribution in [1.82, 2.24) is 4.98 Å². The molecule has 12 heavy (non-hydrogen) atoms. The first kappa shape index (κ1) is 10.2. The van der Waals surface area contributed by atoms with Gasteiger partial charge in [0.2, 0.25) is 0 Å². The van der Waals surface area contributed by atoms with Crippen LogP contribution >= 0.6 is 27.3 Å². The fourth-order valence-electron chi connectivity index (χ4n) is 1.18. The molecule has 0 saturated heterocycles. The Morgan fingerprint density at radius 3 is 2.83 bits per heavy atom. The van der Waals surface area contributed by atoms with Crippen molar-refractivity contribution >= 4 is 27.3 Å². The molecule has 1 rings (SSSR count). The van der Waals surface area contributed by atoms with Crippen LogP contribution in [-0.2, 0) is 5.60 Å². The third kappa shape index (κ3) is 2.06. The molecule has 1 aromatic heterocycles. The van der Waals surface area contributed by atoms with Gasteiger partial charge in [0, 0.05) is 0 Å². The molecule has 0 fully saturated rings. The second-order valence-electron chi connectivity index (χ2n) is 3.00. The number of rotatable bonds is 3. The third-order valence-corrected chi connectivity index (χ3v) is 3.69. The fraction of sp³-hybridized carbons (Fsp3) is 0.625. The highest BCUT2D eigenvalue weighted by Crippen LogP contribution is 2.34. The minimum absolute atomic E-state index is 0.727. The van der Waals surface area contributed by atoms with Gasteiger partial charge in [-0.3, -0.25) is 0 Å². The third-order valence-electron chi connectivity index (χ3n) is 1.75. The van der Waals surface area contributed by atoms with Crippen LogP contribution in [0.25, 0.3) is 0 Å². The molecule has 0 aliphatic heterocycles. The summed E-state index contributed by atoms with van der Waals surface area (Å²) in [5.74, 6) is 0. The number of nitrogens with zero attached hydrogens (tertiary/aromatic N) is 1. The fourth-order valence-corrected chi connectivity index (χ4v) is 2.90. The Bertz CT molecular complexity index is 259. The lowest BCUT2D eigenvalue weighted by molar-refractivity contribution is 0.0498. The van der Waals surface area contributed by atoms with E-state index in [1.54, 1.807) is 5.51 Å². The summed E-state index contributed by atoms with van der Waals surface area (Å²) in [4.78, 5) is 4.96. The highest BCUT2D eigenvalue weighted by Gasteiger charge is 2.26. The van der Waals surface area contributed by atoms with Gasteiger partial charge < -0.3 is 5.11 Å². The van der Waals surface area contributed by atoms with Crippen LogP contribution in [0, 0.1) is 0 Å². The van der Waals surface area contributed by atoms with E-state index in [1.165, 1.54) is 11.3 Å². The normalized spacial score (nSPS) is 16.0. The molecule has 0 bridgehead atoms. The first-order valence-corrected chi connectivity index (χ1v) is 5.57. The summed E-state index contributed by atoms with van der Waals surface area (Å²) in [6.45, 7) is 3.89. The Morgan fingerprint density at radius 1 is 1.75 bits per heavy atom. The van der Waals surface area contributed by atoms with Crippen LogP contribution in [0.5, 0.6) is 0 Å². The Hall–Kier alpha value is 0.0700. The molecule has 0 aliphatic rings. The van der Waals surface area contributed by atoms with Crippen LogP contribution in [0.1, 0.15) is 31.6 Å². The maximum Gasteiger partial charge on any atom is 0.123 e. The van der Waals surface area contributed by atoms with E-state index in [0.29, 0.717) is 0 Å². The van der Waals surface area contributed by atoms with Crippen molar-refractivity contribution in [2.24, 2.45) is 0 Å². The Labute approximate surface area is 84.8 Å². The zero-order valence-corrected chi connectivity index (χ0v) is 9.57. The van der Waals surface area contributed by atoms with Crippen LogP contribution in [0.4, 0.5) is 0 Å². The minimum atomic E-state index is -0.727. The van der Waals surface area contributed by atoms with E-state index in [-0.39, 0.29) is 0 Å². The van der Waals surface area contributed by atoms with Crippen LogP contribution < -0.4 is 0 Å². The Balaban J connectivity index is 2.88. The molecule has 1 aromatic rings. The number of hydrogen-bond acceptors (Lipinski definition) is 3. The predicted molar refractivity (Wildman–Crippen MR) is 54.3 cm³/mol. The van der Waals surface area contributed by atoms with Gasteiger partial charge in [-0.25, -0.2) is 4.98 Å². The van der Waals surface area contributed by atoms with E-state index in [4.69, 9.17) is 0 Å². The van der Waals surface area contributed by atoms with Gasteiger partial charge >= 0.3 is 0 Å². The van der Waals surface area contributed by atoms with E-state index in [2.05, 4.69) is 27.8 Å².